The molecule has 1 aromatic carbocycles. The van der Waals surface area contributed by atoms with Gasteiger partial charge in [0.25, 0.3) is 0 Å². The van der Waals surface area contributed by atoms with E-state index in [0.717, 1.165) is 32.1 Å². The maximum atomic E-state index is 12.3. The molecule has 24 heavy (non-hydrogen) atoms. The van der Waals surface area contributed by atoms with E-state index in [4.69, 9.17) is 4.74 Å². The van der Waals surface area contributed by atoms with Gasteiger partial charge in [-0.3, -0.25) is 0 Å². The van der Waals surface area contributed by atoms with Gasteiger partial charge in [-0.15, -0.1) is 0 Å². The van der Waals surface area contributed by atoms with Gasteiger partial charge in [-0.25, -0.2) is 4.79 Å². The normalized spacial score (nSPS) is 12.1. The van der Waals surface area contributed by atoms with Gasteiger partial charge in [0.05, 0.1) is 0 Å². The van der Waals surface area contributed by atoms with Crippen LogP contribution in [0.3, 0.4) is 0 Å². The van der Waals surface area contributed by atoms with E-state index in [9.17, 15) is 9.90 Å². The Balaban J connectivity index is 2.38. The first-order valence-electron chi connectivity index (χ1n) is 9.68. The first-order chi connectivity index (χ1) is 11.7. The number of carbonyl (C=O) groups is 1. The van der Waals surface area contributed by atoms with Gasteiger partial charge in [-0.05, 0) is 31.4 Å². The van der Waals surface area contributed by atoms with Crippen LogP contribution in [-0.2, 0) is 4.74 Å². The lowest BCUT2D eigenvalue weighted by molar-refractivity contribution is 0.0247. The average Bonchev–Trinajstić information content (AvgIpc) is 2.58. The molecular formula is C21H34O3. The molecule has 1 aromatic rings. The van der Waals surface area contributed by atoms with E-state index >= 15 is 0 Å². The van der Waals surface area contributed by atoms with E-state index < -0.39 is 5.97 Å². The van der Waals surface area contributed by atoms with Crippen molar-refractivity contribution in [2.75, 3.05) is 0 Å². The molecule has 0 heterocycles. The van der Waals surface area contributed by atoms with Crippen LogP contribution in [0.5, 0.6) is 5.75 Å². The van der Waals surface area contributed by atoms with Crippen LogP contribution in [-0.4, -0.2) is 17.2 Å². The largest absolute Gasteiger partial charge is 0.507 e. The van der Waals surface area contributed by atoms with Gasteiger partial charge in [0, 0.05) is 0 Å². The summed E-state index contributed by atoms with van der Waals surface area (Å²) in [6.45, 7) is 4.38. The lowest BCUT2D eigenvalue weighted by Crippen LogP contribution is -2.18. The number of aromatic hydroxyl groups is 1. The number of ether oxygens (including phenoxy) is 1. The summed E-state index contributed by atoms with van der Waals surface area (Å²) in [7, 11) is 0. The SMILES string of the molecule is CCCCCCCCCC(CCCC)OC(=O)c1ccccc1O. The Hall–Kier alpha value is -1.51. The van der Waals surface area contributed by atoms with Crippen molar-refractivity contribution in [2.24, 2.45) is 0 Å². The van der Waals surface area contributed by atoms with E-state index in [2.05, 4.69) is 13.8 Å². The van der Waals surface area contributed by atoms with Crippen molar-refractivity contribution in [1.29, 1.82) is 0 Å². The second-order valence-corrected chi connectivity index (χ2v) is 6.60. The van der Waals surface area contributed by atoms with E-state index in [1.165, 1.54) is 44.6 Å². The number of benzene rings is 1. The van der Waals surface area contributed by atoms with E-state index in [-0.39, 0.29) is 17.4 Å². The molecule has 0 amide bonds. The smallest absolute Gasteiger partial charge is 0.342 e. The number of hydrogen-bond acceptors (Lipinski definition) is 3. The van der Waals surface area contributed by atoms with Crippen molar-refractivity contribution in [3.63, 3.8) is 0 Å². The van der Waals surface area contributed by atoms with E-state index in [1.807, 2.05) is 0 Å². The molecule has 136 valence electrons. The maximum Gasteiger partial charge on any atom is 0.342 e. The van der Waals surface area contributed by atoms with E-state index in [0.29, 0.717) is 0 Å². The topological polar surface area (TPSA) is 46.5 Å². The zero-order valence-electron chi connectivity index (χ0n) is 15.4. The Bertz CT molecular complexity index is 456. The highest BCUT2D eigenvalue weighted by molar-refractivity contribution is 5.92. The molecule has 0 radical (unpaired) electrons. The van der Waals surface area contributed by atoms with E-state index in [1.54, 1.807) is 18.2 Å². The standard InChI is InChI=1S/C21H34O3/c1-3-5-7-8-9-10-11-15-18(14-6-4-2)24-21(23)19-16-12-13-17-20(19)22/h12-13,16-18,22H,3-11,14-15H2,1-2H3. The van der Waals surface area contributed by atoms with Crippen molar-refractivity contribution >= 4 is 5.97 Å². The number of unbranched alkanes of at least 4 members (excludes halogenated alkanes) is 7. The summed E-state index contributed by atoms with van der Waals surface area (Å²) >= 11 is 0. The van der Waals surface area contributed by atoms with Gasteiger partial charge in [-0.2, -0.15) is 0 Å². The molecule has 1 rings (SSSR count). The number of carbonyl (C=O) groups excluding carboxylic acids is 1. The lowest BCUT2D eigenvalue weighted by atomic mass is 10.0. The molecule has 1 unspecified atom stereocenters. The van der Waals surface area contributed by atoms with Crippen molar-refractivity contribution in [3.8, 4) is 5.75 Å². The molecule has 0 saturated heterocycles. The Morgan fingerprint density at radius 3 is 2.17 bits per heavy atom. The van der Waals surface area contributed by atoms with Crippen molar-refractivity contribution < 1.29 is 14.6 Å². The fourth-order valence-corrected chi connectivity index (χ4v) is 2.88. The summed E-state index contributed by atoms with van der Waals surface area (Å²) in [6.07, 6.45) is 12.8. The number of hydrogen-bond donors (Lipinski definition) is 1. The van der Waals surface area contributed by atoms with Gasteiger partial charge >= 0.3 is 5.97 Å². The van der Waals surface area contributed by atoms with Crippen LogP contribution >= 0.6 is 0 Å². The Labute approximate surface area is 147 Å². The van der Waals surface area contributed by atoms with Crippen LogP contribution < -0.4 is 0 Å². The molecule has 1 N–H and O–H groups in total. The van der Waals surface area contributed by atoms with Crippen LogP contribution in [0, 0.1) is 0 Å². The Kier molecular flexibility index (Phi) is 11.0. The van der Waals surface area contributed by atoms with Gasteiger partial charge in [0.1, 0.15) is 17.4 Å². The number of phenolic OH excluding ortho intramolecular Hbond substituents is 1. The second-order valence-electron chi connectivity index (χ2n) is 6.60. The lowest BCUT2D eigenvalue weighted by Gasteiger charge is -2.18. The fraction of sp³-hybridized carbons (Fsp3) is 0.667. The molecule has 0 aliphatic carbocycles. The summed E-state index contributed by atoms with van der Waals surface area (Å²) in [4.78, 5) is 12.3. The first-order valence-corrected chi connectivity index (χ1v) is 9.68. The number of para-hydroxylation sites is 1. The van der Waals surface area contributed by atoms with Crippen LogP contribution in [0.1, 0.15) is 94.8 Å². The highest BCUT2D eigenvalue weighted by Crippen LogP contribution is 2.21. The van der Waals surface area contributed by atoms with Gasteiger partial charge in [-0.1, -0.05) is 77.3 Å². The van der Waals surface area contributed by atoms with Gasteiger partial charge in [0.2, 0.25) is 0 Å². The summed E-state index contributed by atoms with van der Waals surface area (Å²) in [5, 5.41) is 9.79. The van der Waals surface area contributed by atoms with Crippen molar-refractivity contribution in [1.82, 2.24) is 0 Å². The molecule has 1 atom stereocenters. The second kappa shape index (κ2) is 12.9. The molecule has 0 fully saturated rings. The van der Waals surface area contributed by atoms with Crippen molar-refractivity contribution in [3.05, 3.63) is 29.8 Å². The maximum absolute atomic E-state index is 12.3. The minimum absolute atomic E-state index is 0.00679. The molecule has 0 saturated carbocycles. The summed E-state index contributed by atoms with van der Waals surface area (Å²) in [6, 6.07) is 6.59. The molecule has 3 heteroatoms. The third kappa shape index (κ3) is 8.37. The average molecular weight is 334 g/mol. The predicted molar refractivity (Wildman–Crippen MR) is 99.4 cm³/mol. The monoisotopic (exact) mass is 334 g/mol. The molecule has 0 bridgehead atoms. The Morgan fingerprint density at radius 1 is 0.917 bits per heavy atom. The Morgan fingerprint density at radius 2 is 1.50 bits per heavy atom. The minimum Gasteiger partial charge on any atom is -0.507 e. The molecule has 3 nitrogen and oxygen atoms in total. The summed E-state index contributed by atoms with van der Waals surface area (Å²) in [5.41, 5.74) is 0.263. The number of rotatable bonds is 13. The molecule has 0 aromatic heterocycles. The van der Waals surface area contributed by atoms with Crippen LogP contribution in [0.4, 0.5) is 0 Å². The highest BCUT2D eigenvalue weighted by atomic mass is 16.5. The quantitative estimate of drug-likeness (QED) is 0.342. The third-order valence-corrected chi connectivity index (χ3v) is 4.41. The third-order valence-electron chi connectivity index (χ3n) is 4.41. The van der Waals surface area contributed by atoms with Gasteiger partial charge < -0.3 is 9.84 Å². The fourth-order valence-electron chi connectivity index (χ4n) is 2.88. The van der Waals surface area contributed by atoms with Crippen molar-refractivity contribution in [2.45, 2.75) is 90.6 Å². The highest BCUT2D eigenvalue weighted by Gasteiger charge is 2.17. The number of phenols is 1. The zero-order chi connectivity index (χ0) is 17.6. The summed E-state index contributed by atoms with van der Waals surface area (Å²) in [5.74, 6) is -0.412. The van der Waals surface area contributed by atoms with Crippen LogP contribution in [0.2, 0.25) is 0 Å². The molecule has 0 spiro atoms. The van der Waals surface area contributed by atoms with Gasteiger partial charge in [0.15, 0.2) is 0 Å². The first kappa shape index (κ1) is 20.5. The molecule has 0 aliphatic rings. The number of esters is 1. The zero-order valence-corrected chi connectivity index (χ0v) is 15.4. The predicted octanol–water partition coefficient (Wildman–Crippen LogP) is 6.25. The molecular weight excluding hydrogens is 300 g/mol. The van der Waals surface area contributed by atoms with Crippen LogP contribution in [0.15, 0.2) is 24.3 Å². The molecule has 0 aliphatic heterocycles. The minimum atomic E-state index is -0.405. The summed E-state index contributed by atoms with van der Waals surface area (Å²) < 4.78 is 5.67. The van der Waals surface area contributed by atoms with Crippen LogP contribution in [0.25, 0.3) is 0 Å².